The van der Waals surface area contributed by atoms with Crippen molar-refractivity contribution in [3.63, 3.8) is 0 Å². The van der Waals surface area contributed by atoms with Crippen LogP contribution in [0.5, 0.6) is 0 Å². The number of furan rings is 2. The number of rotatable bonds is 5. The van der Waals surface area contributed by atoms with Crippen molar-refractivity contribution in [2.24, 2.45) is 0 Å². The summed E-state index contributed by atoms with van der Waals surface area (Å²) in [6, 6.07) is 52.7. The highest BCUT2D eigenvalue weighted by atomic mass is 16.3. The van der Waals surface area contributed by atoms with E-state index in [0.29, 0.717) is 0 Å². The first kappa shape index (κ1) is 32.5. The van der Waals surface area contributed by atoms with E-state index in [2.05, 4.69) is 173 Å². The monoisotopic (exact) mass is 718 g/mol. The molecule has 0 unspecified atom stereocenters. The van der Waals surface area contributed by atoms with E-state index < -0.39 is 0 Å². The summed E-state index contributed by atoms with van der Waals surface area (Å²) in [5.41, 5.74) is 15.6. The van der Waals surface area contributed by atoms with Crippen LogP contribution in [0.15, 0.2) is 185 Å². The van der Waals surface area contributed by atoms with Crippen LogP contribution in [-0.4, -0.2) is 0 Å². The summed E-state index contributed by atoms with van der Waals surface area (Å²) in [5.74, 6) is 0. The van der Waals surface area contributed by atoms with Gasteiger partial charge < -0.3 is 8.83 Å². The molecule has 11 rings (SSSR count). The first-order valence-electron chi connectivity index (χ1n) is 19.4. The minimum Gasteiger partial charge on any atom is -0.455 e. The predicted octanol–water partition coefficient (Wildman–Crippen LogP) is 15.6. The number of fused-ring (bicyclic) bond motifs is 10. The normalized spacial score (nSPS) is 14.1. The Morgan fingerprint density at radius 3 is 1.68 bits per heavy atom. The maximum atomic E-state index is 6.81. The molecular formula is C54H38O2. The molecule has 0 spiro atoms. The molecule has 0 aliphatic heterocycles. The van der Waals surface area contributed by atoms with Crippen LogP contribution in [0.1, 0.15) is 31.9 Å². The zero-order valence-electron chi connectivity index (χ0n) is 31.6. The topological polar surface area (TPSA) is 26.3 Å². The van der Waals surface area contributed by atoms with Gasteiger partial charge in [0.2, 0.25) is 0 Å². The molecular weight excluding hydrogens is 681 g/mol. The molecule has 0 bridgehead atoms. The summed E-state index contributed by atoms with van der Waals surface area (Å²) >= 11 is 0. The third kappa shape index (κ3) is 4.50. The van der Waals surface area contributed by atoms with Crippen molar-refractivity contribution in [2.45, 2.75) is 26.2 Å². The molecule has 2 heteroatoms. The molecule has 1 aliphatic carbocycles. The van der Waals surface area contributed by atoms with Gasteiger partial charge in [0.15, 0.2) is 0 Å². The SMILES string of the molecule is C=CC1=C(/C=C\C)c2ccc(-c3ccc(-c4c5ccccc5c(-c5cc6c7ccccc7oc6c6c5oc5ccccc56)c5ccccc45)cc3)cc2C1(C)C. The molecule has 2 aromatic heterocycles. The molecule has 0 radical (unpaired) electrons. The van der Waals surface area contributed by atoms with Crippen LogP contribution < -0.4 is 0 Å². The smallest absolute Gasteiger partial charge is 0.147 e. The highest BCUT2D eigenvalue weighted by molar-refractivity contribution is 6.29. The highest BCUT2D eigenvalue weighted by Crippen LogP contribution is 2.51. The van der Waals surface area contributed by atoms with E-state index >= 15 is 0 Å². The molecule has 266 valence electrons. The van der Waals surface area contributed by atoms with Gasteiger partial charge in [0.1, 0.15) is 22.3 Å². The Bertz CT molecular complexity index is 3280. The molecule has 0 atom stereocenters. The Labute approximate surface area is 325 Å². The van der Waals surface area contributed by atoms with Crippen molar-refractivity contribution in [1.82, 2.24) is 0 Å². The number of para-hydroxylation sites is 2. The summed E-state index contributed by atoms with van der Waals surface area (Å²) in [6.07, 6.45) is 6.37. The van der Waals surface area contributed by atoms with Gasteiger partial charge in [-0.05, 0) is 97.3 Å². The van der Waals surface area contributed by atoms with Crippen molar-refractivity contribution in [3.8, 4) is 33.4 Å². The van der Waals surface area contributed by atoms with Crippen LogP contribution in [0.3, 0.4) is 0 Å². The first-order chi connectivity index (χ1) is 27.5. The van der Waals surface area contributed by atoms with Crippen molar-refractivity contribution >= 4 is 71.0 Å². The van der Waals surface area contributed by atoms with Gasteiger partial charge in [-0.15, -0.1) is 0 Å². The maximum Gasteiger partial charge on any atom is 0.147 e. The van der Waals surface area contributed by atoms with Gasteiger partial charge in [0.05, 0.1) is 5.39 Å². The number of allylic oxidation sites excluding steroid dienone is 5. The van der Waals surface area contributed by atoms with Gasteiger partial charge in [0.25, 0.3) is 0 Å². The maximum absolute atomic E-state index is 6.81. The summed E-state index contributed by atoms with van der Waals surface area (Å²) < 4.78 is 13.4. The van der Waals surface area contributed by atoms with Crippen LogP contribution in [0.2, 0.25) is 0 Å². The standard InChI is InChI=1S/C54H38O2/c1-5-15-35-36-29-28-34(30-46(36)54(3,4)45(35)6-2)32-24-26-33(27-25-32)49-38-17-7-9-19-40(38)50(41-20-10-8-18-39(41)49)44-31-43-37-16-11-13-22-47(37)55-52(43)51-42-21-12-14-23-48(42)56-53(44)51/h5-31H,2H2,1,3-4H3/b15-5-. The first-order valence-corrected chi connectivity index (χ1v) is 19.4. The lowest BCUT2D eigenvalue weighted by Crippen LogP contribution is -2.16. The van der Waals surface area contributed by atoms with Gasteiger partial charge in [0, 0.05) is 32.7 Å². The molecule has 1 aliphatic rings. The Balaban J connectivity index is 1.12. The fourth-order valence-corrected chi connectivity index (χ4v) is 9.62. The van der Waals surface area contributed by atoms with Gasteiger partial charge in [-0.1, -0.05) is 160 Å². The number of benzene rings is 8. The third-order valence-corrected chi connectivity index (χ3v) is 12.2. The summed E-state index contributed by atoms with van der Waals surface area (Å²) in [7, 11) is 0. The Morgan fingerprint density at radius 1 is 0.500 bits per heavy atom. The minimum atomic E-state index is -0.120. The van der Waals surface area contributed by atoms with Crippen LogP contribution in [-0.2, 0) is 5.41 Å². The van der Waals surface area contributed by atoms with Crippen molar-refractivity contribution < 1.29 is 8.83 Å². The molecule has 0 saturated heterocycles. The zero-order chi connectivity index (χ0) is 37.7. The van der Waals surface area contributed by atoms with E-state index in [1.165, 1.54) is 71.6 Å². The number of hydrogen-bond acceptors (Lipinski definition) is 2. The molecule has 0 saturated carbocycles. The van der Waals surface area contributed by atoms with Gasteiger partial charge in [-0.25, -0.2) is 0 Å². The van der Waals surface area contributed by atoms with Crippen molar-refractivity contribution in [2.75, 3.05) is 0 Å². The minimum absolute atomic E-state index is 0.120. The predicted molar refractivity (Wildman–Crippen MR) is 237 cm³/mol. The van der Waals surface area contributed by atoms with Gasteiger partial charge in [-0.3, -0.25) is 0 Å². The fraction of sp³-hybridized carbons (Fsp3) is 0.0741. The van der Waals surface area contributed by atoms with Gasteiger partial charge >= 0.3 is 0 Å². The van der Waals surface area contributed by atoms with Crippen LogP contribution in [0.4, 0.5) is 0 Å². The van der Waals surface area contributed by atoms with E-state index in [4.69, 9.17) is 8.83 Å². The lowest BCUT2D eigenvalue weighted by atomic mass is 9.80. The molecule has 2 heterocycles. The molecule has 8 aromatic carbocycles. The number of hydrogen-bond donors (Lipinski definition) is 0. The largest absolute Gasteiger partial charge is 0.455 e. The Kier molecular flexibility index (Phi) is 7.00. The van der Waals surface area contributed by atoms with Crippen LogP contribution >= 0.6 is 0 Å². The van der Waals surface area contributed by atoms with E-state index in [9.17, 15) is 0 Å². The summed E-state index contributed by atoms with van der Waals surface area (Å²) in [6.45, 7) is 10.9. The average Bonchev–Trinajstić information content (AvgIpc) is 3.87. The Hall–Kier alpha value is -6.90. The quantitative estimate of drug-likeness (QED) is 0.166. The highest BCUT2D eigenvalue weighted by Gasteiger charge is 2.35. The fourth-order valence-electron chi connectivity index (χ4n) is 9.62. The second-order valence-corrected chi connectivity index (χ2v) is 15.5. The molecule has 0 fully saturated rings. The second kappa shape index (κ2) is 12.1. The van der Waals surface area contributed by atoms with Crippen molar-refractivity contribution in [3.05, 3.63) is 187 Å². The van der Waals surface area contributed by atoms with E-state index in [1.807, 2.05) is 18.2 Å². The molecule has 10 aromatic rings. The van der Waals surface area contributed by atoms with Crippen LogP contribution in [0, 0.1) is 0 Å². The van der Waals surface area contributed by atoms with Crippen LogP contribution in [0.25, 0.3) is 104 Å². The van der Waals surface area contributed by atoms with E-state index in [0.717, 1.165) is 49.4 Å². The van der Waals surface area contributed by atoms with Crippen molar-refractivity contribution in [1.29, 1.82) is 0 Å². The lowest BCUT2D eigenvalue weighted by Gasteiger charge is -2.23. The molecule has 0 N–H and O–H groups in total. The zero-order valence-corrected chi connectivity index (χ0v) is 31.6. The molecule has 2 nitrogen and oxygen atoms in total. The third-order valence-electron chi connectivity index (χ3n) is 12.2. The van der Waals surface area contributed by atoms with E-state index in [-0.39, 0.29) is 5.41 Å². The average molecular weight is 719 g/mol. The summed E-state index contributed by atoms with van der Waals surface area (Å²) in [4.78, 5) is 0. The van der Waals surface area contributed by atoms with Gasteiger partial charge in [-0.2, -0.15) is 0 Å². The lowest BCUT2D eigenvalue weighted by molar-refractivity contribution is 0.655. The Morgan fingerprint density at radius 2 is 1.04 bits per heavy atom. The summed E-state index contributed by atoms with van der Waals surface area (Å²) in [5, 5.41) is 9.03. The molecule has 0 amide bonds. The second-order valence-electron chi connectivity index (χ2n) is 15.5. The van der Waals surface area contributed by atoms with E-state index in [1.54, 1.807) is 0 Å². The molecule has 56 heavy (non-hydrogen) atoms.